The summed E-state index contributed by atoms with van der Waals surface area (Å²) < 4.78 is 38.8. The van der Waals surface area contributed by atoms with Crippen LogP contribution in [-0.4, -0.2) is 33.7 Å². The highest BCUT2D eigenvalue weighted by molar-refractivity contribution is 7.92. The Labute approximate surface area is 166 Å². The van der Waals surface area contributed by atoms with Crippen molar-refractivity contribution in [2.45, 2.75) is 33.1 Å². The molecule has 0 aliphatic carbocycles. The first-order valence-corrected chi connectivity index (χ1v) is 11.1. The third-order valence-electron chi connectivity index (χ3n) is 4.50. The molecule has 0 saturated heterocycles. The van der Waals surface area contributed by atoms with E-state index < -0.39 is 10.0 Å². The highest BCUT2D eigenvalue weighted by Crippen LogP contribution is 2.27. The number of rotatable bonds is 9. The monoisotopic (exact) mass is 406 g/mol. The number of amides is 1. The SMILES string of the molecule is Cc1cccc(C)c1N(CCCC(=O)NCCc1ccc(F)cc1)S(C)(=O)=O. The molecule has 0 spiro atoms. The quantitative estimate of drug-likeness (QED) is 0.695. The molecule has 0 aliphatic heterocycles. The van der Waals surface area contributed by atoms with Crippen molar-refractivity contribution in [3.63, 3.8) is 0 Å². The van der Waals surface area contributed by atoms with Gasteiger partial charge in [-0.2, -0.15) is 0 Å². The molecule has 7 heteroatoms. The molecule has 152 valence electrons. The first-order chi connectivity index (χ1) is 13.2. The maximum Gasteiger partial charge on any atom is 0.232 e. The molecule has 0 bridgehead atoms. The Morgan fingerprint density at radius 1 is 1.07 bits per heavy atom. The summed E-state index contributed by atoms with van der Waals surface area (Å²) in [4.78, 5) is 12.0. The largest absolute Gasteiger partial charge is 0.356 e. The Bertz CT molecular complexity index is 891. The predicted molar refractivity (Wildman–Crippen MR) is 110 cm³/mol. The molecule has 0 fully saturated rings. The number of sulfonamides is 1. The molecule has 0 aromatic heterocycles. The fraction of sp³-hybridized carbons (Fsp3) is 0.381. The molecule has 2 aromatic rings. The van der Waals surface area contributed by atoms with Gasteiger partial charge in [0.2, 0.25) is 15.9 Å². The molecule has 0 atom stereocenters. The van der Waals surface area contributed by atoms with E-state index in [4.69, 9.17) is 0 Å². The van der Waals surface area contributed by atoms with Gasteiger partial charge in [0.25, 0.3) is 0 Å². The molecule has 0 radical (unpaired) electrons. The van der Waals surface area contributed by atoms with Crippen molar-refractivity contribution >= 4 is 21.6 Å². The zero-order valence-corrected chi connectivity index (χ0v) is 17.4. The van der Waals surface area contributed by atoms with E-state index in [-0.39, 0.29) is 24.7 Å². The van der Waals surface area contributed by atoms with Gasteiger partial charge < -0.3 is 5.32 Å². The van der Waals surface area contributed by atoms with Crippen LogP contribution in [0.2, 0.25) is 0 Å². The van der Waals surface area contributed by atoms with Gasteiger partial charge in [0.1, 0.15) is 5.82 Å². The van der Waals surface area contributed by atoms with Crippen LogP contribution in [0.4, 0.5) is 10.1 Å². The van der Waals surface area contributed by atoms with Crippen LogP contribution in [0.1, 0.15) is 29.5 Å². The minimum Gasteiger partial charge on any atom is -0.356 e. The van der Waals surface area contributed by atoms with Crippen molar-refractivity contribution in [1.29, 1.82) is 0 Å². The molecule has 28 heavy (non-hydrogen) atoms. The Balaban J connectivity index is 1.86. The normalized spacial score (nSPS) is 11.3. The lowest BCUT2D eigenvalue weighted by Gasteiger charge is -2.26. The first kappa shape index (κ1) is 21.9. The lowest BCUT2D eigenvalue weighted by Crippen LogP contribution is -2.33. The number of hydrogen-bond acceptors (Lipinski definition) is 3. The highest BCUT2D eigenvalue weighted by atomic mass is 32.2. The van der Waals surface area contributed by atoms with Crippen LogP contribution in [0, 0.1) is 19.7 Å². The average molecular weight is 407 g/mol. The smallest absolute Gasteiger partial charge is 0.232 e. The molecule has 1 N–H and O–H groups in total. The topological polar surface area (TPSA) is 66.5 Å². The van der Waals surface area contributed by atoms with Crippen LogP contribution in [0.5, 0.6) is 0 Å². The molecule has 2 aromatic carbocycles. The van der Waals surface area contributed by atoms with Crippen molar-refractivity contribution in [3.05, 3.63) is 65.0 Å². The molecule has 0 saturated carbocycles. The number of carbonyl (C=O) groups excluding carboxylic acids is 1. The lowest BCUT2D eigenvalue weighted by atomic mass is 10.1. The number of nitrogens with one attached hydrogen (secondary N) is 1. The Kier molecular flexibility index (Phi) is 7.57. The van der Waals surface area contributed by atoms with Crippen molar-refractivity contribution in [2.75, 3.05) is 23.7 Å². The van der Waals surface area contributed by atoms with Gasteiger partial charge in [0, 0.05) is 19.5 Å². The summed E-state index contributed by atoms with van der Waals surface area (Å²) in [6, 6.07) is 11.8. The fourth-order valence-electron chi connectivity index (χ4n) is 3.11. The van der Waals surface area contributed by atoms with Gasteiger partial charge >= 0.3 is 0 Å². The number of carbonyl (C=O) groups is 1. The molecule has 2 rings (SSSR count). The van der Waals surface area contributed by atoms with Crippen LogP contribution < -0.4 is 9.62 Å². The number of hydrogen-bond donors (Lipinski definition) is 1. The predicted octanol–water partition coefficient (Wildman–Crippen LogP) is 3.35. The zero-order chi connectivity index (χ0) is 20.7. The Hall–Kier alpha value is -2.41. The molecule has 0 heterocycles. The number of para-hydroxylation sites is 1. The van der Waals surface area contributed by atoms with Crippen molar-refractivity contribution < 1.29 is 17.6 Å². The minimum absolute atomic E-state index is 0.128. The van der Waals surface area contributed by atoms with Gasteiger partial charge in [-0.1, -0.05) is 30.3 Å². The second-order valence-electron chi connectivity index (χ2n) is 6.91. The van der Waals surface area contributed by atoms with Gasteiger partial charge in [0.05, 0.1) is 11.9 Å². The van der Waals surface area contributed by atoms with Crippen LogP contribution in [-0.2, 0) is 21.2 Å². The molecular weight excluding hydrogens is 379 g/mol. The minimum atomic E-state index is -3.45. The van der Waals surface area contributed by atoms with E-state index in [0.29, 0.717) is 25.1 Å². The third kappa shape index (κ3) is 6.34. The van der Waals surface area contributed by atoms with Gasteiger partial charge in [-0.25, -0.2) is 12.8 Å². The van der Waals surface area contributed by atoms with E-state index in [1.54, 1.807) is 12.1 Å². The van der Waals surface area contributed by atoms with Crippen LogP contribution in [0.25, 0.3) is 0 Å². The van der Waals surface area contributed by atoms with Crippen LogP contribution >= 0.6 is 0 Å². The van der Waals surface area contributed by atoms with E-state index in [0.717, 1.165) is 16.7 Å². The van der Waals surface area contributed by atoms with Gasteiger partial charge in [-0.05, 0) is 55.5 Å². The Morgan fingerprint density at radius 2 is 1.68 bits per heavy atom. The summed E-state index contributed by atoms with van der Waals surface area (Å²) in [6.45, 7) is 4.46. The van der Waals surface area contributed by atoms with Crippen LogP contribution in [0.15, 0.2) is 42.5 Å². The molecule has 0 unspecified atom stereocenters. The fourth-order valence-corrected chi connectivity index (χ4v) is 4.19. The highest BCUT2D eigenvalue weighted by Gasteiger charge is 2.20. The van der Waals surface area contributed by atoms with E-state index >= 15 is 0 Å². The number of nitrogens with zero attached hydrogens (tertiary/aromatic N) is 1. The summed E-state index contributed by atoms with van der Waals surface area (Å²) in [6.07, 6.45) is 2.45. The van der Waals surface area contributed by atoms with E-state index in [1.807, 2.05) is 32.0 Å². The van der Waals surface area contributed by atoms with E-state index in [1.165, 1.54) is 22.7 Å². The maximum absolute atomic E-state index is 12.9. The summed E-state index contributed by atoms with van der Waals surface area (Å²) in [5.41, 5.74) is 3.39. The molecule has 5 nitrogen and oxygen atoms in total. The standard InChI is InChI=1S/C21H27FN2O3S/c1-16-6-4-7-17(2)21(16)24(28(3,26)27)15-5-8-20(25)23-14-13-18-9-11-19(22)12-10-18/h4,6-7,9-12H,5,8,13-15H2,1-3H3,(H,23,25). The molecule has 1 amide bonds. The van der Waals surface area contributed by atoms with Gasteiger partial charge in [-0.3, -0.25) is 9.10 Å². The summed E-state index contributed by atoms with van der Waals surface area (Å²) >= 11 is 0. The number of aryl methyl sites for hydroxylation is 2. The summed E-state index contributed by atoms with van der Waals surface area (Å²) in [5, 5.41) is 2.82. The third-order valence-corrected chi connectivity index (χ3v) is 5.67. The molecule has 0 aliphatic rings. The van der Waals surface area contributed by atoms with Gasteiger partial charge in [-0.15, -0.1) is 0 Å². The van der Waals surface area contributed by atoms with Crippen molar-refractivity contribution in [2.24, 2.45) is 0 Å². The zero-order valence-electron chi connectivity index (χ0n) is 16.5. The van der Waals surface area contributed by atoms with Crippen LogP contribution in [0.3, 0.4) is 0 Å². The average Bonchev–Trinajstić information content (AvgIpc) is 2.61. The van der Waals surface area contributed by atoms with Crippen molar-refractivity contribution in [1.82, 2.24) is 5.32 Å². The summed E-state index contributed by atoms with van der Waals surface area (Å²) in [5.74, 6) is -0.413. The second-order valence-corrected chi connectivity index (χ2v) is 8.81. The number of benzene rings is 2. The van der Waals surface area contributed by atoms with E-state index in [9.17, 15) is 17.6 Å². The van der Waals surface area contributed by atoms with E-state index in [2.05, 4.69) is 5.32 Å². The first-order valence-electron chi connectivity index (χ1n) is 9.23. The van der Waals surface area contributed by atoms with Crippen molar-refractivity contribution in [3.8, 4) is 0 Å². The number of halogens is 1. The molecular formula is C21H27FN2O3S. The summed E-state index contributed by atoms with van der Waals surface area (Å²) in [7, 11) is -3.45. The Morgan fingerprint density at radius 3 is 2.25 bits per heavy atom. The van der Waals surface area contributed by atoms with Gasteiger partial charge in [0.15, 0.2) is 0 Å². The lowest BCUT2D eigenvalue weighted by molar-refractivity contribution is -0.121. The second kappa shape index (κ2) is 9.68. The maximum atomic E-state index is 12.9. The number of anilines is 1.